The zero-order valence-corrected chi connectivity index (χ0v) is 34.4. The summed E-state index contributed by atoms with van der Waals surface area (Å²) in [5.41, 5.74) is 6.71. The summed E-state index contributed by atoms with van der Waals surface area (Å²) in [7, 11) is 0. The molecule has 2 N–H and O–H groups in total. The average Bonchev–Trinajstić information content (AvgIpc) is 3.86. The largest absolute Gasteiger partial charge is 0.342 e. The van der Waals surface area contributed by atoms with Crippen molar-refractivity contribution in [3.05, 3.63) is 88.4 Å². The van der Waals surface area contributed by atoms with Gasteiger partial charge in [0, 0.05) is 49.0 Å². The van der Waals surface area contributed by atoms with Gasteiger partial charge in [0.15, 0.2) is 5.65 Å². The fourth-order valence-corrected chi connectivity index (χ4v) is 7.72. The predicted molar refractivity (Wildman–Crippen MR) is 222 cm³/mol. The van der Waals surface area contributed by atoms with Crippen LogP contribution in [0.4, 0.5) is 0 Å². The number of ketones is 1. The molecule has 0 bridgehead atoms. The Morgan fingerprint density at radius 2 is 1.57 bits per heavy atom. The Morgan fingerprint density at radius 1 is 0.926 bits per heavy atom. The van der Waals surface area contributed by atoms with Crippen LogP contribution in [0.25, 0.3) is 22.1 Å². The van der Waals surface area contributed by atoms with Gasteiger partial charge in [-0.15, -0.1) is 0 Å². The molecule has 1 atom stereocenters. The zero-order chi connectivity index (χ0) is 39.7. The van der Waals surface area contributed by atoms with E-state index in [2.05, 4.69) is 83.7 Å². The molecule has 1 fully saturated rings. The number of nitrogens with one attached hydrogen (secondary N) is 2. The molecule has 5 aromatic rings. The molecule has 10 nitrogen and oxygen atoms in total. The number of hydrogen-bond acceptors (Lipinski definition) is 6. The number of rotatable bonds is 12. The molecule has 294 valence electrons. The van der Waals surface area contributed by atoms with Gasteiger partial charge < -0.3 is 9.69 Å². The van der Waals surface area contributed by atoms with E-state index in [1.807, 2.05) is 42.0 Å². The third-order valence-corrected chi connectivity index (χ3v) is 10.0. The molecule has 0 aliphatic carbocycles. The molecule has 5 heterocycles. The number of pyridine rings is 2. The summed E-state index contributed by atoms with van der Waals surface area (Å²) in [6.45, 7) is 20.0. The number of imidazole rings is 1. The summed E-state index contributed by atoms with van der Waals surface area (Å²) in [6, 6.07) is 12.4. The molecule has 0 spiro atoms. The molecule has 1 aliphatic heterocycles. The summed E-state index contributed by atoms with van der Waals surface area (Å²) in [4.78, 5) is 47.5. The van der Waals surface area contributed by atoms with E-state index in [1.54, 1.807) is 18.6 Å². The Labute approximate surface area is 322 Å². The average molecular weight is 740 g/mol. The number of likely N-dealkylation sites (tertiary alicyclic amines) is 1. The van der Waals surface area contributed by atoms with E-state index in [0.29, 0.717) is 17.0 Å². The molecular formula is C44H65N7O3. The number of Topliss-reactive ketones (excluding diaryl/α,β-unsaturated/α-hetero) is 1. The lowest BCUT2D eigenvalue weighted by Crippen LogP contribution is -2.36. The molecule has 10 heteroatoms. The number of fused-ring (bicyclic) bond motifs is 2. The van der Waals surface area contributed by atoms with Crippen LogP contribution >= 0.6 is 0 Å². The fourth-order valence-electron chi connectivity index (χ4n) is 7.72. The van der Waals surface area contributed by atoms with Crippen LogP contribution in [0.2, 0.25) is 0 Å². The van der Waals surface area contributed by atoms with Crippen molar-refractivity contribution in [2.24, 2.45) is 11.3 Å². The van der Waals surface area contributed by atoms with Crippen molar-refractivity contribution in [3.8, 4) is 0 Å². The third-order valence-electron chi connectivity index (χ3n) is 10.0. The van der Waals surface area contributed by atoms with Gasteiger partial charge >= 0.3 is 5.69 Å². The van der Waals surface area contributed by atoms with Crippen molar-refractivity contribution in [1.29, 1.82) is 0 Å². The van der Waals surface area contributed by atoms with E-state index in [1.165, 1.54) is 62.6 Å². The van der Waals surface area contributed by atoms with Gasteiger partial charge in [0.05, 0.1) is 17.2 Å². The second-order valence-corrected chi connectivity index (χ2v) is 15.2. The lowest BCUT2D eigenvalue weighted by Gasteiger charge is -2.29. The molecule has 1 amide bonds. The van der Waals surface area contributed by atoms with Gasteiger partial charge in [-0.1, -0.05) is 66.4 Å². The Kier molecular flexibility index (Phi) is 17.8. The molecule has 0 saturated carbocycles. The Morgan fingerprint density at radius 3 is 2.15 bits per heavy atom. The topological polar surface area (TPSA) is 130 Å². The number of H-pyrrole nitrogens is 2. The molecule has 4 aromatic heterocycles. The number of aromatic amines is 2. The second kappa shape index (κ2) is 21.9. The molecule has 0 radical (unpaired) electrons. The smallest absolute Gasteiger partial charge is 0.327 e. The van der Waals surface area contributed by atoms with E-state index in [4.69, 9.17) is 0 Å². The van der Waals surface area contributed by atoms with Crippen LogP contribution in [0.3, 0.4) is 0 Å². The molecule has 1 aromatic carbocycles. The number of aromatic nitrogens is 6. The maximum Gasteiger partial charge on any atom is 0.327 e. The minimum Gasteiger partial charge on any atom is -0.342 e. The minimum absolute atomic E-state index is 0.0257. The summed E-state index contributed by atoms with van der Waals surface area (Å²) in [6.07, 6.45) is 18.3. The SMILES string of the molecule is CC(C)=O.CCCC(CCC)n1c(=O)[nH]c2ncccc21.CCCC1(CCC)CCN(C(=O)C(C)Cc2cc(C)c3[nH]ncc3c2)C1.Cc1ccncc1. The molecule has 1 unspecified atom stereocenters. The lowest BCUT2D eigenvalue weighted by molar-refractivity contribution is -0.134. The van der Waals surface area contributed by atoms with Crippen LogP contribution in [0.5, 0.6) is 0 Å². The van der Waals surface area contributed by atoms with E-state index in [0.717, 1.165) is 61.6 Å². The van der Waals surface area contributed by atoms with Crippen molar-refractivity contribution in [3.63, 3.8) is 0 Å². The standard InChI is InChI=1S/C22H33N3O.C13H19N3O.C6H7N.C3H6O/c1-5-7-22(8-6-2)9-10-25(15-22)21(26)17(4)12-18-11-16(3)20-19(13-18)14-23-24-20;1-3-6-10(7-4-2)16-11-8-5-9-14-12(11)15-13(16)17;1-6-2-4-7-5-3-6;1-3(2)4/h11,13-14,17H,5-10,12,15H2,1-4H3,(H,23,24);5,8-10H,3-4,6-7H2,1-2H3,(H,14,15,17);2-5H,1H3;1-2H3. The van der Waals surface area contributed by atoms with Crippen molar-refractivity contribution in [2.75, 3.05) is 13.1 Å². The van der Waals surface area contributed by atoms with E-state index in [9.17, 15) is 14.4 Å². The highest BCUT2D eigenvalue weighted by molar-refractivity contribution is 5.83. The zero-order valence-electron chi connectivity index (χ0n) is 34.4. The van der Waals surface area contributed by atoms with Gasteiger partial charge in [-0.25, -0.2) is 9.78 Å². The van der Waals surface area contributed by atoms with Crippen LogP contribution in [0, 0.1) is 25.2 Å². The maximum absolute atomic E-state index is 13.1. The van der Waals surface area contributed by atoms with Crippen LogP contribution in [-0.4, -0.2) is 59.4 Å². The van der Waals surface area contributed by atoms with Gasteiger partial charge in [-0.3, -0.25) is 24.4 Å². The Balaban J connectivity index is 0.000000237. The third kappa shape index (κ3) is 12.8. The number of nitrogens with zero attached hydrogens (tertiary/aromatic N) is 5. The van der Waals surface area contributed by atoms with Gasteiger partial charge in [-0.2, -0.15) is 5.10 Å². The van der Waals surface area contributed by atoms with Crippen molar-refractivity contribution < 1.29 is 9.59 Å². The Hall–Kier alpha value is -4.60. The summed E-state index contributed by atoms with van der Waals surface area (Å²) >= 11 is 0. The highest BCUT2D eigenvalue weighted by Crippen LogP contribution is 2.40. The number of hydrogen-bond donors (Lipinski definition) is 2. The van der Waals surface area contributed by atoms with Crippen molar-refractivity contribution in [1.82, 2.24) is 34.6 Å². The van der Waals surface area contributed by atoms with E-state index >= 15 is 0 Å². The number of benzene rings is 1. The van der Waals surface area contributed by atoms with Crippen LogP contribution in [0.1, 0.15) is 129 Å². The normalized spacial score (nSPS) is 13.8. The number of carbonyl (C=O) groups is 2. The van der Waals surface area contributed by atoms with E-state index in [-0.39, 0.29) is 23.4 Å². The van der Waals surface area contributed by atoms with Crippen molar-refractivity contribution in [2.45, 2.75) is 133 Å². The summed E-state index contributed by atoms with van der Waals surface area (Å²) in [5.74, 6) is 0.516. The molecular weight excluding hydrogens is 675 g/mol. The second-order valence-electron chi connectivity index (χ2n) is 15.2. The number of carbonyl (C=O) groups excluding carboxylic acids is 2. The first-order chi connectivity index (χ1) is 25.9. The highest BCUT2D eigenvalue weighted by atomic mass is 16.2. The first kappa shape index (κ1) is 43.8. The van der Waals surface area contributed by atoms with Crippen LogP contribution < -0.4 is 5.69 Å². The minimum atomic E-state index is -0.0365. The van der Waals surface area contributed by atoms with Gasteiger partial charge in [0.1, 0.15) is 5.78 Å². The molecule has 54 heavy (non-hydrogen) atoms. The lowest BCUT2D eigenvalue weighted by atomic mass is 9.78. The highest BCUT2D eigenvalue weighted by Gasteiger charge is 2.39. The predicted octanol–water partition coefficient (Wildman–Crippen LogP) is 9.72. The Bertz CT molecular complexity index is 1910. The van der Waals surface area contributed by atoms with Crippen LogP contribution in [-0.2, 0) is 16.0 Å². The quantitative estimate of drug-likeness (QED) is 0.131. The summed E-state index contributed by atoms with van der Waals surface area (Å²) < 4.78 is 1.87. The monoisotopic (exact) mass is 740 g/mol. The summed E-state index contributed by atoms with van der Waals surface area (Å²) in [5, 5.41) is 8.31. The molecule has 1 saturated heterocycles. The van der Waals surface area contributed by atoms with Crippen molar-refractivity contribution >= 4 is 33.8 Å². The maximum atomic E-state index is 13.1. The number of amides is 1. The molecule has 1 aliphatic rings. The van der Waals surface area contributed by atoms with Crippen LogP contribution in [0.15, 0.2) is 66.0 Å². The first-order valence-electron chi connectivity index (χ1n) is 20.0. The van der Waals surface area contributed by atoms with E-state index < -0.39 is 0 Å². The molecule has 6 rings (SSSR count). The van der Waals surface area contributed by atoms with Gasteiger partial charge in [-0.05, 0) is 119 Å². The van der Waals surface area contributed by atoms with Gasteiger partial charge in [0.2, 0.25) is 5.91 Å². The first-order valence-corrected chi connectivity index (χ1v) is 20.0. The van der Waals surface area contributed by atoms with Gasteiger partial charge in [0.25, 0.3) is 0 Å². The fraction of sp³-hybridized carbons (Fsp3) is 0.545. The number of aryl methyl sites for hydroxylation is 2.